The number of carbonyl (C=O) groups excluding carboxylic acids is 2. The van der Waals surface area contributed by atoms with Crippen molar-refractivity contribution in [1.29, 1.82) is 0 Å². The van der Waals surface area contributed by atoms with Crippen LogP contribution in [0.4, 0.5) is 0 Å². The lowest BCUT2D eigenvalue weighted by atomic mass is 10.0. The molecule has 0 aromatic rings. The molecule has 0 heterocycles. The van der Waals surface area contributed by atoms with Gasteiger partial charge in [0.05, 0.1) is 0 Å². The molecule has 0 saturated carbocycles. The Bertz CT molecular complexity index is 396. The van der Waals surface area contributed by atoms with Crippen LogP contribution in [0.2, 0.25) is 0 Å². The zero-order valence-corrected chi connectivity index (χ0v) is 13.5. The summed E-state index contributed by atoms with van der Waals surface area (Å²) in [6.07, 6.45) is 0.516. The summed E-state index contributed by atoms with van der Waals surface area (Å²) in [5.41, 5.74) is 0. The molecule has 0 aliphatic carbocycles. The fourth-order valence-corrected chi connectivity index (χ4v) is 1.97. The van der Waals surface area contributed by atoms with Gasteiger partial charge < -0.3 is 15.7 Å². The molecule has 3 N–H and O–H groups in total. The van der Waals surface area contributed by atoms with Gasteiger partial charge in [-0.05, 0) is 16.8 Å². The second-order valence-corrected chi connectivity index (χ2v) is 6.12. The van der Waals surface area contributed by atoms with Crippen molar-refractivity contribution in [3.63, 3.8) is 0 Å². The lowest BCUT2D eigenvalue weighted by Crippen LogP contribution is -2.51. The monoisotopic (exact) mass is 348 g/mol. The van der Waals surface area contributed by atoms with Gasteiger partial charge in [-0.1, -0.05) is 36.4 Å². The molecule has 0 spiro atoms. The van der Waals surface area contributed by atoms with Gasteiger partial charge in [-0.25, -0.2) is 4.79 Å². The lowest BCUT2D eigenvalue weighted by molar-refractivity contribution is -0.142. The molecule has 2 atom stereocenters. The predicted molar refractivity (Wildman–Crippen MR) is 79.3 cm³/mol. The number of carboxylic acids is 1. The highest BCUT2D eigenvalue weighted by Crippen LogP contribution is 2.11. The molecule has 6 nitrogen and oxygen atoms in total. The van der Waals surface area contributed by atoms with Gasteiger partial charge in [0.1, 0.15) is 12.1 Å². The van der Waals surface area contributed by atoms with Crippen molar-refractivity contribution in [2.24, 2.45) is 5.92 Å². The first-order valence-electron chi connectivity index (χ1n) is 6.27. The highest BCUT2D eigenvalue weighted by atomic mass is 79.9. The molecule has 0 bridgehead atoms. The number of carbonyl (C=O) groups is 3. The van der Waals surface area contributed by atoms with Gasteiger partial charge >= 0.3 is 5.97 Å². The summed E-state index contributed by atoms with van der Waals surface area (Å²) in [4.78, 5) is 34.3. The number of hydrogen-bond donors (Lipinski definition) is 3. The van der Waals surface area contributed by atoms with Gasteiger partial charge in [-0.3, -0.25) is 9.59 Å². The van der Waals surface area contributed by atoms with E-state index >= 15 is 0 Å². The van der Waals surface area contributed by atoms with E-state index in [1.807, 2.05) is 13.8 Å². The Hall–Kier alpha value is -1.37. The molecule has 20 heavy (non-hydrogen) atoms. The number of aliphatic carboxylic acids is 1. The maximum absolute atomic E-state index is 12.1. The van der Waals surface area contributed by atoms with Gasteiger partial charge in [0.25, 0.3) is 0 Å². The van der Waals surface area contributed by atoms with Crippen molar-refractivity contribution in [2.75, 3.05) is 0 Å². The third-order valence-electron chi connectivity index (χ3n) is 2.44. The van der Waals surface area contributed by atoms with Crippen molar-refractivity contribution in [2.45, 2.75) is 45.7 Å². The van der Waals surface area contributed by atoms with Gasteiger partial charge in [-0.2, -0.15) is 0 Å². The summed E-state index contributed by atoms with van der Waals surface area (Å²) in [5, 5.41) is 14.0. The van der Waals surface area contributed by atoms with Crippen molar-refractivity contribution >= 4 is 33.7 Å². The van der Waals surface area contributed by atoms with E-state index in [0.717, 1.165) is 0 Å². The number of hydrogen-bond acceptors (Lipinski definition) is 3. The van der Waals surface area contributed by atoms with Crippen molar-refractivity contribution in [1.82, 2.24) is 10.6 Å². The molecule has 0 radical (unpaired) electrons. The van der Waals surface area contributed by atoms with E-state index in [2.05, 4.69) is 33.1 Å². The lowest BCUT2D eigenvalue weighted by Gasteiger charge is -2.22. The summed E-state index contributed by atoms with van der Waals surface area (Å²) in [6.45, 7) is 8.70. The summed E-state index contributed by atoms with van der Waals surface area (Å²) in [6, 6.07) is -1.81. The molecular weight excluding hydrogens is 328 g/mol. The third kappa shape index (κ3) is 7.93. The number of rotatable bonds is 8. The second kappa shape index (κ2) is 8.73. The Morgan fingerprint density at radius 2 is 1.75 bits per heavy atom. The van der Waals surface area contributed by atoms with E-state index in [9.17, 15) is 14.4 Å². The van der Waals surface area contributed by atoms with Gasteiger partial charge in [0, 0.05) is 13.3 Å². The highest BCUT2D eigenvalue weighted by molar-refractivity contribution is 9.11. The summed E-state index contributed by atoms with van der Waals surface area (Å²) in [7, 11) is 0. The van der Waals surface area contributed by atoms with Crippen molar-refractivity contribution < 1.29 is 19.5 Å². The van der Waals surface area contributed by atoms with Gasteiger partial charge in [0.15, 0.2) is 0 Å². The fraction of sp³-hybridized carbons (Fsp3) is 0.615. The average molecular weight is 349 g/mol. The van der Waals surface area contributed by atoms with Crippen LogP contribution in [0.25, 0.3) is 0 Å². The molecule has 0 aromatic heterocycles. The third-order valence-corrected chi connectivity index (χ3v) is 2.77. The fourth-order valence-electron chi connectivity index (χ4n) is 1.64. The Labute approximate surface area is 127 Å². The normalized spacial score (nSPS) is 13.4. The van der Waals surface area contributed by atoms with E-state index < -0.39 is 24.0 Å². The van der Waals surface area contributed by atoms with Crippen LogP contribution in [0.3, 0.4) is 0 Å². The first-order valence-corrected chi connectivity index (χ1v) is 7.06. The van der Waals surface area contributed by atoms with E-state index in [0.29, 0.717) is 10.9 Å². The smallest absolute Gasteiger partial charge is 0.326 e. The average Bonchev–Trinajstić information content (AvgIpc) is 2.24. The number of nitrogens with one attached hydrogen (secondary N) is 2. The van der Waals surface area contributed by atoms with Crippen LogP contribution < -0.4 is 10.6 Å². The van der Waals surface area contributed by atoms with E-state index in [-0.39, 0.29) is 18.2 Å². The topological polar surface area (TPSA) is 95.5 Å². The zero-order chi connectivity index (χ0) is 15.9. The molecule has 0 aliphatic rings. The largest absolute Gasteiger partial charge is 0.480 e. The molecule has 0 aromatic carbocycles. The van der Waals surface area contributed by atoms with Crippen LogP contribution in [-0.4, -0.2) is 35.0 Å². The molecular formula is C13H21BrN2O4. The molecule has 114 valence electrons. The maximum Gasteiger partial charge on any atom is 0.326 e. The highest BCUT2D eigenvalue weighted by Gasteiger charge is 2.26. The summed E-state index contributed by atoms with van der Waals surface area (Å²) < 4.78 is 0.477. The Morgan fingerprint density at radius 1 is 1.20 bits per heavy atom. The molecule has 0 saturated heterocycles. The van der Waals surface area contributed by atoms with Crippen molar-refractivity contribution in [3.05, 3.63) is 11.1 Å². The van der Waals surface area contributed by atoms with Crippen molar-refractivity contribution in [3.8, 4) is 0 Å². The van der Waals surface area contributed by atoms with Gasteiger partial charge in [-0.15, -0.1) is 0 Å². The minimum Gasteiger partial charge on any atom is -0.480 e. The van der Waals surface area contributed by atoms with Crippen LogP contribution in [-0.2, 0) is 14.4 Å². The Morgan fingerprint density at radius 3 is 2.10 bits per heavy atom. The predicted octanol–water partition coefficient (Wildman–Crippen LogP) is 1.41. The Balaban J connectivity index is 4.81. The van der Waals surface area contributed by atoms with E-state index in [4.69, 9.17) is 5.11 Å². The summed E-state index contributed by atoms with van der Waals surface area (Å²) in [5.74, 6) is -1.80. The molecule has 0 rings (SSSR count). The Kier molecular flexibility index (Phi) is 8.13. The van der Waals surface area contributed by atoms with Crippen LogP contribution in [0, 0.1) is 5.92 Å². The number of amides is 2. The minimum atomic E-state index is -1.15. The second-order valence-electron chi connectivity index (χ2n) is 5.00. The zero-order valence-electron chi connectivity index (χ0n) is 11.9. The first kappa shape index (κ1) is 18.6. The first-order chi connectivity index (χ1) is 9.13. The van der Waals surface area contributed by atoms with E-state index in [1.54, 1.807) is 0 Å². The molecule has 0 aliphatic heterocycles. The molecule has 0 unspecified atom stereocenters. The molecule has 0 fully saturated rings. The minimum absolute atomic E-state index is 0.0789. The van der Waals surface area contributed by atoms with Crippen LogP contribution in [0.15, 0.2) is 11.1 Å². The van der Waals surface area contributed by atoms with Crippen LogP contribution in [0.5, 0.6) is 0 Å². The molecule has 2 amide bonds. The van der Waals surface area contributed by atoms with Gasteiger partial charge in [0.2, 0.25) is 11.8 Å². The summed E-state index contributed by atoms with van der Waals surface area (Å²) >= 11 is 3.07. The van der Waals surface area contributed by atoms with Crippen LogP contribution in [0.1, 0.15) is 33.6 Å². The molecule has 7 heteroatoms. The standard InChI is InChI=1S/C13H21BrN2O4/c1-7(2)5-10(15-9(4)17)12(18)16-11(13(19)20)6-8(3)14/h7,10-11H,3,5-6H2,1-2,4H3,(H,15,17)(H,16,18)(H,19,20)/t10-,11-/m0/s1. The maximum atomic E-state index is 12.1. The SMILES string of the molecule is C=C(Br)C[C@H](NC(=O)[C@H](CC(C)C)NC(C)=O)C(=O)O. The number of halogens is 1. The quantitative estimate of drug-likeness (QED) is 0.617. The van der Waals surface area contributed by atoms with E-state index in [1.165, 1.54) is 6.92 Å². The number of carboxylic acid groups (broad SMARTS) is 1. The van der Waals surface area contributed by atoms with Crippen LogP contribution >= 0.6 is 15.9 Å².